The van der Waals surface area contributed by atoms with E-state index in [0.29, 0.717) is 0 Å². The van der Waals surface area contributed by atoms with Crippen molar-refractivity contribution in [1.82, 2.24) is 14.7 Å². The number of alkyl halides is 1. The molecular weight excluding hydrogens is 246 g/mol. The maximum Gasteiger partial charge on any atom is 0.0597 e. The largest absolute Gasteiger partial charge is 0.297 e. The van der Waals surface area contributed by atoms with E-state index < -0.39 is 0 Å². The van der Waals surface area contributed by atoms with E-state index in [2.05, 4.69) is 34.6 Å². The summed E-state index contributed by atoms with van der Waals surface area (Å²) in [6.07, 6.45) is 3.81. The van der Waals surface area contributed by atoms with Crippen molar-refractivity contribution in [3.63, 3.8) is 0 Å². The molecule has 0 bridgehead atoms. The Kier molecular flexibility index (Phi) is 5.07. The molecule has 1 atom stereocenters. The van der Waals surface area contributed by atoms with Gasteiger partial charge in [0.25, 0.3) is 0 Å². The second kappa shape index (κ2) is 6.58. The first-order valence-corrected chi connectivity index (χ1v) is 7.58. The van der Waals surface area contributed by atoms with Gasteiger partial charge in [-0.1, -0.05) is 0 Å². The minimum atomic E-state index is 0.787. The van der Waals surface area contributed by atoms with E-state index in [1.165, 1.54) is 31.6 Å². The molecule has 18 heavy (non-hydrogen) atoms. The average Bonchev–Trinajstić information content (AvgIpc) is 2.70. The number of piperidine rings is 1. The Bertz CT molecular complexity index is 373. The molecule has 1 aliphatic rings. The molecule has 0 radical (unpaired) electrons. The summed E-state index contributed by atoms with van der Waals surface area (Å²) in [5.41, 5.74) is 2.47. The van der Waals surface area contributed by atoms with Crippen molar-refractivity contribution in [3.8, 4) is 0 Å². The molecule has 1 aromatic rings. The predicted molar refractivity (Wildman–Crippen MR) is 76.0 cm³/mol. The first-order valence-electron chi connectivity index (χ1n) is 7.04. The molecule has 0 saturated carbocycles. The number of hydrogen-bond donors (Lipinski definition) is 0. The molecule has 0 spiro atoms. The lowest BCUT2D eigenvalue weighted by Crippen LogP contribution is -2.35. The zero-order valence-corrected chi connectivity index (χ0v) is 12.3. The lowest BCUT2D eigenvalue weighted by Gasteiger charge is -2.32. The maximum absolute atomic E-state index is 5.86. The van der Waals surface area contributed by atoms with Gasteiger partial charge in [0, 0.05) is 25.5 Å². The highest BCUT2D eigenvalue weighted by molar-refractivity contribution is 6.17. The quantitative estimate of drug-likeness (QED) is 0.766. The molecule has 102 valence electrons. The van der Waals surface area contributed by atoms with Gasteiger partial charge in [-0.3, -0.25) is 9.58 Å². The molecular formula is C14H24ClN3. The number of hydrogen-bond acceptors (Lipinski definition) is 2. The van der Waals surface area contributed by atoms with Crippen LogP contribution in [0.15, 0.2) is 6.07 Å². The molecule has 3 nitrogen and oxygen atoms in total. The van der Waals surface area contributed by atoms with E-state index in [1.54, 1.807) is 0 Å². The Hall–Kier alpha value is -0.540. The summed E-state index contributed by atoms with van der Waals surface area (Å²) in [5.74, 6) is 1.58. The molecule has 2 heterocycles. The van der Waals surface area contributed by atoms with Crippen LogP contribution < -0.4 is 0 Å². The van der Waals surface area contributed by atoms with E-state index in [4.69, 9.17) is 11.6 Å². The highest BCUT2D eigenvalue weighted by Gasteiger charge is 2.20. The van der Waals surface area contributed by atoms with Gasteiger partial charge >= 0.3 is 0 Å². The van der Waals surface area contributed by atoms with Gasteiger partial charge in [0.15, 0.2) is 0 Å². The molecule has 1 aromatic heterocycles. The summed E-state index contributed by atoms with van der Waals surface area (Å²) in [6.45, 7) is 8.63. The van der Waals surface area contributed by atoms with Gasteiger partial charge in [-0.05, 0) is 51.6 Å². The Balaban J connectivity index is 1.95. The van der Waals surface area contributed by atoms with E-state index in [9.17, 15) is 0 Å². The second-order valence-electron chi connectivity index (χ2n) is 5.31. The molecule has 1 saturated heterocycles. The smallest absolute Gasteiger partial charge is 0.0597 e. The molecule has 1 aliphatic heterocycles. The standard InChI is InChI=1S/C14H24ClN3/c1-3-18-14(9-12(2)16-18)11-17-8-4-5-13(10-17)6-7-15/h9,13H,3-8,10-11H2,1-2H3. The van der Waals surface area contributed by atoms with Gasteiger partial charge in [0.2, 0.25) is 0 Å². The van der Waals surface area contributed by atoms with Crippen molar-refractivity contribution in [1.29, 1.82) is 0 Å². The zero-order chi connectivity index (χ0) is 13.0. The van der Waals surface area contributed by atoms with Gasteiger partial charge in [0.1, 0.15) is 0 Å². The third kappa shape index (κ3) is 3.48. The molecule has 0 aliphatic carbocycles. The lowest BCUT2D eigenvalue weighted by molar-refractivity contribution is 0.161. The summed E-state index contributed by atoms with van der Waals surface area (Å²) in [5, 5.41) is 4.52. The van der Waals surface area contributed by atoms with Crippen LogP contribution in [-0.4, -0.2) is 33.6 Å². The van der Waals surface area contributed by atoms with Crippen molar-refractivity contribution in [3.05, 3.63) is 17.5 Å². The highest BCUT2D eigenvalue weighted by Crippen LogP contribution is 2.21. The number of halogens is 1. The summed E-state index contributed by atoms with van der Waals surface area (Å²) in [6, 6.07) is 2.22. The number of likely N-dealkylation sites (tertiary alicyclic amines) is 1. The molecule has 4 heteroatoms. The third-order valence-electron chi connectivity index (χ3n) is 3.79. The summed E-state index contributed by atoms with van der Waals surface area (Å²) in [7, 11) is 0. The average molecular weight is 270 g/mol. The Morgan fingerprint density at radius 3 is 3.06 bits per heavy atom. The topological polar surface area (TPSA) is 21.1 Å². The first-order chi connectivity index (χ1) is 8.72. The fourth-order valence-electron chi connectivity index (χ4n) is 2.91. The van der Waals surface area contributed by atoms with Crippen molar-refractivity contribution in [2.24, 2.45) is 5.92 Å². The zero-order valence-electron chi connectivity index (χ0n) is 11.5. The second-order valence-corrected chi connectivity index (χ2v) is 5.69. The van der Waals surface area contributed by atoms with Crippen molar-refractivity contribution >= 4 is 11.6 Å². The molecule has 0 amide bonds. The van der Waals surface area contributed by atoms with Crippen LogP contribution >= 0.6 is 11.6 Å². The summed E-state index contributed by atoms with van der Waals surface area (Å²) >= 11 is 5.86. The molecule has 0 N–H and O–H groups in total. The number of aryl methyl sites for hydroxylation is 2. The van der Waals surface area contributed by atoms with Crippen LogP contribution in [0.5, 0.6) is 0 Å². The van der Waals surface area contributed by atoms with Crippen molar-refractivity contribution < 1.29 is 0 Å². The van der Waals surface area contributed by atoms with E-state index in [1.807, 2.05) is 0 Å². The molecule has 2 rings (SSSR count). The normalized spacial score (nSPS) is 21.4. The van der Waals surface area contributed by atoms with Gasteiger partial charge in [-0.15, -0.1) is 11.6 Å². The van der Waals surface area contributed by atoms with Crippen LogP contribution in [0.25, 0.3) is 0 Å². The number of nitrogens with zero attached hydrogens (tertiary/aromatic N) is 3. The SMILES string of the molecule is CCn1nc(C)cc1CN1CCCC(CCCl)C1. The maximum atomic E-state index is 5.86. The first kappa shape index (κ1) is 13.9. The monoisotopic (exact) mass is 269 g/mol. The van der Waals surface area contributed by atoms with Crippen LogP contribution in [0.1, 0.15) is 37.6 Å². The summed E-state index contributed by atoms with van der Waals surface area (Å²) in [4.78, 5) is 2.56. The van der Waals surface area contributed by atoms with Crippen molar-refractivity contribution in [2.45, 2.75) is 46.2 Å². The van der Waals surface area contributed by atoms with Crippen LogP contribution in [0.2, 0.25) is 0 Å². The van der Waals surface area contributed by atoms with Gasteiger partial charge < -0.3 is 0 Å². The highest BCUT2D eigenvalue weighted by atomic mass is 35.5. The van der Waals surface area contributed by atoms with Crippen LogP contribution in [0.3, 0.4) is 0 Å². The fourth-order valence-corrected chi connectivity index (χ4v) is 3.22. The van der Waals surface area contributed by atoms with Crippen LogP contribution in [-0.2, 0) is 13.1 Å². The molecule has 1 unspecified atom stereocenters. The van der Waals surface area contributed by atoms with E-state index in [0.717, 1.165) is 37.0 Å². The van der Waals surface area contributed by atoms with E-state index in [-0.39, 0.29) is 0 Å². The van der Waals surface area contributed by atoms with Crippen molar-refractivity contribution in [2.75, 3.05) is 19.0 Å². The fraction of sp³-hybridized carbons (Fsp3) is 0.786. The Morgan fingerprint density at radius 1 is 1.50 bits per heavy atom. The van der Waals surface area contributed by atoms with Crippen LogP contribution in [0.4, 0.5) is 0 Å². The Morgan fingerprint density at radius 2 is 2.33 bits per heavy atom. The number of aromatic nitrogens is 2. The minimum Gasteiger partial charge on any atom is -0.297 e. The molecule has 1 fully saturated rings. The van der Waals surface area contributed by atoms with Gasteiger partial charge in [0.05, 0.1) is 11.4 Å². The predicted octanol–water partition coefficient (Wildman–Crippen LogP) is 3.05. The van der Waals surface area contributed by atoms with Crippen LogP contribution in [0, 0.1) is 12.8 Å². The number of rotatable bonds is 5. The van der Waals surface area contributed by atoms with E-state index >= 15 is 0 Å². The van der Waals surface area contributed by atoms with Gasteiger partial charge in [-0.25, -0.2) is 0 Å². The minimum absolute atomic E-state index is 0.787. The van der Waals surface area contributed by atoms with Gasteiger partial charge in [-0.2, -0.15) is 5.10 Å². The lowest BCUT2D eigenvalue weighted by atomic mass is 9.95. The Labute approximate surface area is 115 Å². The summed E-state index contributed by atoms with van der Waals surface area (Å²) < 4.78 is 2.13. The third-order valence-corrected chi connectivity index (χ3v) is 4.01. The molecule has 0 aromatic carbocycles.